The Bertz CT molecular complexity index is 945. The second-order valence-electron chi connectivity index (χ2n) is 5.55. The van der Waals surface area contributed by atoms with E-state index in [1.807, 2.05) is 0 Å². The van der Waals surface area contributed by atoms with Crippen LogP contribution in [0.1, 0.15) is 21.7 Å². The third-order valence-electron chi connectivity index (χ3n) is 4.13. The van der Waals surface area contributed by atoms with Gasteiger partial charge in [0.05, 0.1) is 40.1 Å². The molecule has 3 aromatic rings. The van der Waals surface area contributed by atoms with Crippen molar-refractivity contribution < 1.29 is 28.2 Å². The van der Waals surface area contributed by atoms with E-state index in [4.69, 9.17) is 23.4 Å². The van der Waals surface area contributed by atoms with Gasteiger partial charge in [0, 0.05) is 10.9 Å². The van der Waals surface area contributed by atoms with E-state index in [1.54, 1.807) is 38.3 Å². The fraction of sp³-hybridized carbons (Fsp3) is 0.250. The monoisotopic (exact) mass is 355 g/mol. The van der Waals surface area contributed by atoms with Crippen molar-refractivity contribution in [1.29, 1.82) is 0 Å². The number of methoxy groups -OCH3 is 4. The van der Waals surface area contributed by atoms with E-state index < -0.39 is 0 Å². The lowest BCUT2D eigenvalue weighted by Crippen LogP contribution is -2.05. The Labute approximate surface area is 151 Å². The van der Waals surface area contributed by atoms with Crippen molar-refractivity contribution in [3.63, 3.8) is 0 Å². The summed E-state index contributed by atoms with van der Waals surface area (Å²) in [5.41, 5.74) is 1.34. The minimum Gasteiger partial charge on any atom is -0.496 e. The smallest absolute Gasteiger partial charge is 0.203 e. The molecule has 6 nitrogen and oxygen atoms in total. The van der Waals surface area contributed by atoms with Crippen LogP contribution in [0.3, 0.4) is 0 Å². The Morgan fingerprint density at radius 2 is 1.62 bits per heavy atom. The Balaban J connectivity index is 2.15. The molecule has 2 aromatic carbocycles. The van der Waals surface area contributed by atoms with Gasteiger partial charge < -0.3 is 23.4 Å². The highest BCUT2D eigenvalue weighted by molar-refractivity contribution is 6.17. The predicted molar refractivity (Wildman–Crippen MR) is 95.9 cm³/mol. The molecule has 0 spiro atoms. The number of carbonyl (C=O) groups is 1. The highest BCUT2D eigenvalue weighted by atomic mass is 16.5. The molecule has 0 aliphatic rings. The van der Waals surface area contributed by atoms with Crippen LogP contribution in [0.15, 0.2) is 28.7 Å². The van der Waals surface area contributed by atoms with Crippen molar-refractivity contribution in [2.45, 2.75) is 6.92 Å². The Hall–Kier alpha value is -3.15. The van der Waals surface area contributed by atoms with Crippen molar-refractivity contribution in [3.8, 4) is 23.0 Å². The van der Waals surface area contributed by atoms with Gasteiger partial charge in [0.25, 0.3) is 0 Å². The van der Waals surface area contributed by atoms with Crippen LogP contribution in [-0.4, -0.2) is 34.2 Å². The summed E-state index contributed by atoms with van der Waals surface area (Å²) < 4.78 is 26.8. The first-order chi connectivity index (χ1) is 12.5. The number of aryl methyl sites for hydroxylation is 1. The molecule has 0 unspecified atom stereocenters. The number of hydrogen-bond acceptors (Lipinski definition) is 6. The summed E-state index contributed by atoms with van der Waals surface area (Å²) >= 11 is 0. The topological polar surface area (TPSA) is 67.1 Å². The highest BCUT2D eigenvalue weighted by Gasteiger charge is 2.23. The van der Waals surface area contributed by atoms with Gasteiger partial charge in [0.15, 0.2) is 17.3 Å². The number of carbonyl (C=O) groups excluding carboxylic acids is 1. The number of ketones is 1. The average molecular weight is 355 g/mol. The summed E-state index contributed by atoms with van der Waals surface area (Å²) in [6.07, 6.45) is 0. The van der Waals surface area contributed by atoms with E-state index in [0.717, 1.165) is 0 Å². The normalized spacial score (nSPS) is 10.7. The minimum atomic E-state index is -0.209. The zero-order chi connectivity index (χ0) is 18.8. The maximum Gasteiger partial charge on any atom is 0.203 e. The van der Waals surface area contributed by atoms with Gasteiger partial charge in [-0.25, -0.2) is 0 Å². The van der Waals surface area contributed by atoms with Gasteiger partial charge in [-0.3, -0.25) is 4.79 Å². The van der Waals surface area contributed by atoms with Gasteiger partial charge in [0.1, 0.15) is 17.1 Å². The second kappa shape index (κ2) is 7.00. The third kappa shape index (κ3) is 2.83. The molecule has 0 aliphatic carbocycles. The highest BCUT2D eigenvalue weighted by Crippen LogP contribution is 2.39. The van der Waals surface area contributed by atoms with E-state index in [2.05, 4.69) is 6.07 Å². The average Bonchev–Trinajstić information content (AvgIpc) is 3.00. The lowest BCUT2D eigenvalue weighted by Gasteiger charge is -2.13. The first kappa shape index (κ1) is 17.7. The van der Waals surface area contributed by atoms with Crippen LogP contribution in [0, 0.1) is 13.0 Å². The summed E-state index contributed by atoms with van der Waals surface area (Å²) in [5, 5.41) is 0.669. The van der Waals surface area contributed by atoms with Crippen LogP contribution in [0.25, 0.3) is 11.0 Å². The van der Waals surface area contributed by atoms with Crippen molar-refractivity contribution in [1.82, 2.24) is 0 Å². The molecule has 0 fully saturated rings. The molecule has 0 amide bonds. The van der Waals surface area contributed by atoms with E-state index in [1.165, 1.54) is 21.3 Å². The largest absolute Gasteiger partial charge is 0.496 e. The van der Waals surface area contributed by atoms with Gasteiger partial charge in [-0.05, 0) is 31.2 Å². The number of rotatable bonds is 6. The number of hydrogen-bond donors (Lipinski definition) is 0. The standard InChI is InChI=1S/C20H19O6/c1-11-18(14-7-6-13(22-2)10-15(14)26-11)19(21)12-8-16(23-3)20(25-5)17(9-12)24-4/h6-9H,1-5H3. The second-order valence-corrected chi connectivity index (χ2v) is 5.55. The quantitative estimate of drug-likeness (QED) is 0.627. The molecule has 3 rings (SSSR count). The van der Waals surface area contributed by atoms with E-state index in [9.17, 15) is 4.79 Å². The Morgan fingerprint density at radius 3 is 2.15 bits per heavy atom. The SMILES string of the molecule is COc1[c]c2oc(C)c(C(=O)c3cc(OC)c(OC)c(OC)c3)c2cc1. The molecule has 1 radical (unpaired) electrons. The lowest BCUT2D eigenvalue weighted by atomic mass is 9.99. The Kier molecular flexibility index (Phi) is 4.75. The van der Waals surface area contributed by atoms with Crippen molar-refractivity contribution in [2.75, 3.05) is 28.4 Å². The third-order valence-corrected chi connectivity index (χ3v) is 4.13. The molecule has 0 saturated carbocycles. The number of fused-ring (bicyclic) bond motifs is 1. The van der Waals surface area contributed by atoms with Gasteiger partial charge in [-0.2, -0.15) is 0 Å². The molecular formula is C20H19O6. The zero-order valence-electron chi connectivity index (χ0n) is 15.3. The molecule has 6 heteroatoms. The van der Waals surface area contributed by atoms with Crippen LogP contribution >= 0.6 is 0 Å². The number of benzene rings is 2. The molecule has 135 valence electrons. The van der Waals surface area contributed by atoms with Crippen LogP contribution in [-0.2, 0) is 0 Å². The van der Waals surface area contributed by atoms with E-state index in [0.29, 0.717) is 50.9 Å². The maximum absolute atomic E-state index is 13.2. The maximum atomic E-state index is 13.2. The van der Waals surface area contributed by atoms with Gasteiger partial charge >= 0.3 is 0 Å². The van der Waals surface area contributed by atoms with E-state index >= 15 is 0 Å². The van der Waals surface area contributed by atoms with Crippen molar-refractivity contribution >= 4 is 16.8 Å². The summed E-state index contributed by atoms with van der Waals surface area (Å²) in [5.74, 6) is 2.08. The molecular weight excluding hydrogens is 336 g/mol. The molecule has 0 saturated heterocycles. The molecule has 26 heavy (non-hydrogen) atoms. The fourth-order valence-electron chi connectivity index (χ4n) is 2.88. The first-order valence-corrected chi connectivity index (χ1v) is 7.88. The lowest BCUT2D eigenvalue weighted by molar-refractivity contribution is 0.103. The number of furan rings is 1. The zero-order valence-corrected chi connectivity index (χ0v) is 15.3. The van der Waals surface area contributed by atoms with Gasteiger partial charge in [0.2, 0.25) is 5.75 Å². The van der Waals surface area contributed by atoms with Crippen LogP contribution in [0.4, 0.5) is 0 Å². The Morgan fingerprint density at radius 1 is 0.962 bits per heavy atom. The molecule has 1 aromatic heterocycles. The minimum absolute atomic E-state index is 0.209. The van der Waals surface area contributed by atoms with Crippen molar-refractivity contribution in [3.05, 3.63) is 47.2 Å². The van der Waals surface area contributed by atoms with Crippen LogP contribution in [0.2, 0.25) is 0 Å². The molecule has 0 atom stereocenters. The van der Waals surface area contributed by atoms with Crippen LogP contribution in [0.5, 0.6) is 23.0 Å². The molecule has 1 heterocycles. The van der Waals surface area contributed by atoms with Gasteiger partial charge in [-0.15, -0.1) is 0 Å². The van der Waals surface area contributed by atoms with Crippen molar-refractivity contribution in [2.24, 2.45) is 0 Å². The summed E-state index contributed by atoms with van der Waals surface area (Å²) in [7, 11) is 6.07. The molecule has 0 N–H and O–H groups in total. The number of ether oxygens (including phenoxy) is 4. The molecule has 0 aliphatic heterocycles. The van der Waals surface area contributed by atoms with E-state index in [-0.39, 0.29) is 5.78 Å². The molecule has 0 bridgehead atoms. The summed E-state index contributed by atoms with van der Waals surface area (Å²) in [6.45, 7) is 1.74. The van der Waals surface area contributed by atoms with Gasteiger partial charge in [-0.1, -0.05) is 0 Å². The predicted octanol–water partition coefficient (Wildman–Crippen LogP) is 3.81. The summed E-state index contributed by atoms with van der Waals surface area (Å²) in [6, 6.07) is 9.76. The first-order valence-electron chi connectivity index (χ1n) is 7.88. The summed E-state index contributed by atoms with van der Waals surface area (Å²) in [4.78, 5) is 13.2. The fourth-order valence-corrected chi connectivity index (χ4v) is 2.88. The van der Waals surface area contributed by atoms with Crippen LogP contribution < -0.4 is 18.9 Å².